The van der Waals surface area contributed by atoms with Gasteiger partial charge in [0, 0.05) is 6.04 Å². The fraction of sp³-hybridized carbons (Fsp3) is 0.429. The number of hydrogen-bond acceptors (Lipinski definition) is 5. The van der Waals surface area contributed by atoms with Gasteiger partial charge in [0.2, 0.25) is 10.0 Å². The molecule has 0 spiro atoms. The first-order chi connectivity index (χ1) is 9.81. The smallest absolute Gasteiger partial charge is 0.321 e. The first-order valence-corrected chi connectivity index (χ1v) is 7.97. The second-order valence-electron chi connectivity index (χ2n) is 4.74. The summed E-state index contributed by atoms with van der Waals surface area (Å²) in [7, 11) is -2.52. The van der Waals surface area contributed by atoms with Gasteiger partial charge in [-0.15, -0.1) is 0 Å². The van der Waals surface area contributed by atoms with Gasteiger partial charge in [0.15, 0.2) is 0 Å². The van der Waals surface area contributed by atoms with E-state index in [9.17, 15) is 13.2 Å². The Hall–Kier alpha value is -1.91. The van der Waals surface area contributed by atoms with Crippen molar-refractivity contribution in [2.45, 2.75) is 25.6 Å². The standard InChI is InChI=1S/C14H18N2O4S/c1-11(2)16(9-14(17)20-3)21(18,19)10-13-7-5-4-6-12(13)8-15/h4-7,11H,9-10H2,1-3H3. The Kier molecular flexibility index (Phi) is 5.88. The van der Waals surface area contributed by atoms with E-state index in [1.54, 1.807) is 38.1 Å². The average Bonchev–Trinajstić information content (AvgIpc) is 2.44. The lowest BCUT2D eigenvalue weighted by atomic mass is 10.1. The van der Waals surface area contributed by atoms with Crippen LogP contribution in [0.25, 0.3) is 0 Å². The van der Waals surface area contributed by atoms with Crippen LogP contribution in [-0.4, -0.2) is 38.4 Å². The van der Waals surface area contributed by atoms with E-state index >= 15 is 0 Å². The second kappa shape index (κ2) is 7.20. The molecular formula is C14H18N2O4S. The van der Waals surface area contributed by atoms with E-state index in [1.807, 2.05) is 6.07 Å². The van der Waals surface area contributed by atoms with Crippen molar-refractivity contribution in [1.82, 2.24) is 4.31 Å². The minimum atomic E-state index is -3.73. The fourth-order valence-electron chi connectivity index (χ4n) is 1.83. The first kappa shape index (κ1) is 17.1. The molecule has 21 heavy (non-hydrogen) atoms. The van der Waals surface area contributed by atoms with E-state index < -0.39 is 16.0 Å². The minimum Gasteiger partial charge on any atom is -0.468 e. The number of benzene rings is 1. The number of rotatable bonds is 6. The number of nitrogens with zero attached hydrogens (tertiary/aromatic N) is 2. The molecule has 1 aromatic carbocycles. The molecule has 0 fully saturated rings. The Labute approximate surface area is 125 Å². The van der Waals surface area contributed by atoms with Crippen LogP contribution >= 0.6 is 0 Å². The average molecular weight is 310 g/mol. The maximum absolute atomic E-state index is 12.5. The van der Waals surface area contributed by atoms with Gasteiger partial charge in [-0.05, 0) is 25.5 Å². The molecule has 0 saturated heterocycles. The predicted octanol–water partition coefficient (Wildman–Crippen LogP) is 1.27. The van der Waals surface area contributed by atoms with Crippen LogP contribution in [0.4, 0.5) is 0 Å². The highest BCUT2D eigenvalue weighted by Gasteiger charge is 2.28. The normalized spacial score (nSPS) is 11.4. The third kappa shape index (κ3) is 4.55. The number of nitriles is 1. The van der Waals surface area contributed by atoms with Gasteiger partial charge in [0.1, 0.15) is 6.54 Å². The van der Waals surface area contributed by atoms with Gasteiger partial charge in [-0.1, -0.05) is 18.2 Å². The molecule has 7 heteroatoms. The van der Waals surface area contributed by atoms with Crippen molar-refractivity contribution in [3.63, 3.8) is 0 Å². The van der Waals surface area contributed by atoms with E-state index in [-0.39, 0.29) is 18.3 Å². The highest BCUT2D eigenvalue weighted by molar-refractivity contribution is 7.88. The number of carbonyl (C=O) groups is 1. The van der Waals surface area contributed by atoms with Gasteiger partial charge in [0.25, 0.3) is 0 Å². The van der Waals surface area contributed by atoms with Gasteiger partial charge >= 0.3 is 5.97 Å². The van der Waals surface area contributed by atoms with Gasteiger partial charge in [-0.25, -0.2) is 8.42 Å². The molecule has 0 N–H and O–H groups in total. The van der Waals surface area contributed by atoms with Crippen LogP contribution in [0.3, 0.4) is 0 Å². The molecule has 0 bridgehead atoms. The van der Waals surface area contributed by atoms with E-state index in [0.29, 0.717) is 11.1 Å². The summed E-state index contributed by atoms with van der Waals surface area (Å²) < 4.78 is 30.5. The summed E-state index contributed by atoms with van der Waals surface area (Å²) in [5.41, 5.74) is 0.721. The minimum absolute atomic E-state index is 0.308. The first-order valence-electron chi connectivity index (χ1n) is 6.36. The van der Waals surface area contributed by atoms with Gasteiger partial charge in [-0.2, -0.15) is 9.57 Å². The lowest BCUT2D eigenvalue weighted by Crippen LogP contribution is -2.41. The topological polar surface area (TPSA) is 87.5 Å². The molecule has 0 aliphatic heterocycles. The zero-order chi connectivity index (χ0) is 16.0. The molecule has 114 valence electrons. The highest BCUT2D eigenvalue weighted by atomic mass is 32.2. The van der Waals surface area contributed by atoms with Crippen LogP contribution < -0.4 is 0 Å². The maximum Gasteiger partial charge on any atom is 0.321 e. The Bertz CT molecular complexity index is 647. The van der Waals surface area contributed by atoms with Crippen LogP contribution in [0.5, 0.6) is 0 Å². The Morgan fingerprint density at radius 3 is 2.52 bits per heavy atom. The SMILES string of the molecule is COC(=O)CN(C(C)C)S(=O)(=O)Cc1ccccc1C#N. The van der Waals surface area contributed by atoms with E-state index in [2.05, 4.69) is 4.74 Å². The van der Waals surface area contributed by atoms with Gasteiger partial charge < -0.3 is 4.74 Å². The predicted molar refractivity (Wildman–Crippen MR) is 77.6 cm³/mol. The highest BCUT2D eigenvalue weighted by Crippen LogP contribution is 2.16. The molecule has 0 aliphatic carbocycles. The van der Waals surface area contributed by atoms with Crippen LogP contribution in [-0.2, 0) is 25.3 Å². The lowest BCUT2D eigenvalue weighted by Gasteiger charge is -2.24. The van der Waals surface area contributed by atoms with Crippen molar-refractivity contribution >= 4 is 16.0 Å². The van der Waals surface area contributed by atoms with Crippen molar-refractivity contribution in [1.29, 1.82) is 5.26 Å². The third-order valence-electron chi connectivity index (χ3n) is 2.92. The van der Waals surface area contributed by atoms with Crippen molar-refractivity contribution in [2.24, 2.45) is 0 Å². The monoisotopic (exact) mass is 310 g/mol. The fourth-order valence-corrected chi connectivity index (χ4v) is 3.58. The number of hydrogen-bond donors (Lipinski definition) is 0. The Morgan fingerprint density at radius 1 is 1.38 bits per heavy atom. The lowest BCUT2D eigenvalue weighted by molar-refractivity contribution is -0.141. The van der Waals surface area contributed by atoms with Crippen molar-refractivity contribution < 1.29 is 17.9 Å². The van der Waals surface area contributed by atoms with Crippen LogP contribution in [0.15, 0.2) is 24.3 Å². The molecule has 0 unspecified atom stereocenters. The summed E-state index contributed by atoms with van der Waals surface area (Å²) in [6, 6.07) is 8.07. The van der Waals surface area contributed by atoms with Crippen LogP contribution in [0, 0.1) is 11.3 Å². The number of methoxy groups -OCH3 is 1. The molecule has 0 atom stereocenters. The molecule has 0 amide bonds. The molecule has 6 nitrogen and oxygen atoms in total. The van der Waals surface area contributed by atoms with Crippen molar-refractivity contribution in [2.75, 3.05) is 13.7 Å². The quantitative estimate of drug-likeness (QED) is 0.738. The van der Waals surface area contributed by atoms with E-state index in [0.717, 1.165) is 4.31 Å². The molecule has 0 saturated carbocycles. The molecule has 0 aromatic heterocycles. The van der Waals surface area contributed by atoms with Crippen molar-refractivity contribution in [3.8, 4) is 6.07 Å². The molecule has 0 radical (unpaired) electrons. The largest absolute Gasteiger partial charge is 0.468 e. The number of carbonyl (C=O) groups excluding carboxylic acids is 1. The van der Waals surface area contributed by atoms with E-state index in [1.165, 1.54) is 7.11 Å². The van der Waals surface area contributed by atoms with E-state index in [4.69, 9.17) is 5.26 Å². The zero-order valence-electron chi connectivity index (χ0n) is 12.2. The summed E-state index contributed by atoms with van der Waals surface area (Å²) in [5, 5.41) is 9.01. The zero-order valence-corrected chi connectivity index (χ0v) is 13.1. The number of ether oxygens (including phenoxy) is 1. The third-order valence-corrected chi connectivity index (χ3v) is 4.86. The number of sulfonamides is 1. The molecule has 0 heterocycles. The maximum atomic E-state index is 12.5. The van der Waals surface area contributed by atoms with Crippen LogP contribution in [0.1, 0.15) is 25.0 Å². The van der Waals surface area contributed by atoms with Gasteiger partial charge in [-0.3, -0.25) is 4.79 Å². The van der Waals surface area contributed by atoms with Crippen molar-refractivity contribution in [3.05, 3.63) is 35.4 Å². The Morgan fingerprint density at radius 2 is 2.00 bits per heavy atom. The Balaban J connectivity index is 3.07. The molecule has 0 aliphatic rings. The number of esters is 1. The second-order valence-corrected chi connectivity index (χ2v) is 6.66. The summed E-state index contributed by atoms with van der Waals surface area (Å²) >= 11 is 0. The summed E-state index contributed by atoms with van der Waals surface area (Å²) in [5.74, 6) is -0.952. The molecule has 1 aromatic rings. The van der Waals surface area contributed by atoms with Gasteiger partial charge in [0.05, 0.1) is 24.5 Å². The molecule has 1 rings (SSSR count). The van der Waals surface area contributed by atoms with Crippen LogP contribution in [0.2, 0.25) is 0 Å². The summed E-state index contributed by atoms with van der Waals surface area (Å²) in [4.78, 5) is 11.4. The molecular weight excluding hydrogens is 292 g/mol. The summed E-state index contributed by atoms with van der Waals surface area (Å²) in [6.07, 6.45) is 0. The summed E-state index contributed by atoms with van der Waals surface area (Å²) in [6.45, 7) is 3.01.